The van der Waals surface area contributed by atoms with Crippen LogP contribution in [0.5, 0.6) is 0 Å². The van der Waals surface area contributed by atoms with Crippen molar-refractivity contribution in [3.63, 3.8) is 0 Å². The van der Waals surface area contributed by atoms with Crippen molar-refractivity contribution in [1.82, 2.24) is 0 Å². The van der Waals surface area contributed by atoms with Crippen LogP contribution in [0.2, 0.25) is 5.04 Å². The lowest BCUT2D eigenvalue weighted by molar-refractivity contribution is -0.217. The predicted molar refractivity (Wildman–Crippen MR) is 127 cm³/mol. The Kier molecular flexibility index (Phi) is 6.70. The minimum Gasteiger partial charge on any atom is -0.375 e. The van der Waals surface area contributed by atoms with E-state index in [-0.39, 0.29) is 29.6 Å². The Balaban J connectivity index is 1.46. The highest BCUT2D eigenvalue weighted by Gasteiger charge is 2.50. The van der Waals surface area contributed by atoms with E-state index in [2.05, 4.69) is 81.4 Å². The van der Waals surface area contributed by atoms with Crippen LogP contribution in [-0.4, -0.2) is 45.8 Å². The van der Waals surface area contributed by atoms with Gasteiger partial charge in [-0.25, -0.2) is 0 Å². The van der Waals surface area contributed by atoms with Crippen molar-refractivity contribution in [2.45, 2.75) is 82.9 Å². The molecule has 0 aromatic heterocycles. The van der Waals surface area contributed by atoms with Crippen LogP contribution in [0, 0.1) is 0 Å². The molecule has 2 aromatic carbocycles. The highest BCUT2D eigenvalue weighted by Crippen LogP contribution is 2.39. The van der Waals surface area contributed by atoms with Crippen LogP contribution >= 0.6 is 0 Å². The van der Waals surface area contributed by atoms with E-state index in [1.165, 1.54) is 10.4 Å². The van der Waals surface area contributed by atoms with Gasteiger partial charge in [-0.15, -0.1) is 0 Å². The highest BCUT2D eigenvalue weighted by atomic mass is 28.3. The number of rotatable bonds is 8. The van der Waals surface area contributed by atoms with Crippen LogP contribution in [0.1, 0.15) is 47.5 Å². The molecule has 0 amide bonds. The molecule has 4 rings (SSSR count). The van der Waals surface area contributed by atoms with Gasteiger partial charge in [-0.1, -0.05) is 91.8 Å². The third kappa shape index (κ3) is 5.12. The summed E-state index contributed by atoms with van der Waals surface area (Å²) >= 11 is 0. The van der Waals surface area contributed by atoms with Gasteiger partial charge in [0.15, 0.2) is 12.1 Å². The number of hydrogen-bond acceptors (Lipinski definition) is 4. The summed E-state index contributed by atoms with van der Waals surface area (Å²) < 4.78 is 24.7. The largest absolute Gasteiger partial charge is 0.375 e. The van der Waals surface area contributed by atoms with E-state index in [1.807, 2.05) is 13.8 Å². The molecule has 0 bridgehead atoms. The number of hydrogen-bond donors (Lipinski definition) is 0. The first-order valence-corrected chi connectivity index (χ1v) is 13.2. The van der Waals surface area contributed by atoms with Crippen molar-refractivity contribution in [2.75, 3.05) is 6.61 Å². The van der Waals surface area contributed by atoms with Crippen molar-refractivity contribution in [1.29, 1.82) is 0 Å². The van der Waals surface area contributed by atoms with Gasteiger partial charge in [0.1, 0.15) is 14.9 Å². The number of benzene rings is 2. The summed E-state index contributed by atoms with van der Waals surface area (Å²) in [6, 6.07) is 21.9. The maximum atomic E-state index is 6.58. The fourth-order valence-corrected chi connectivity index (χ4v) is 8.72. The Labute approximate surface area is 188 Å². The van der Waals surface area contributed by atoms with Gasteiger partial charge in [0.05, 0.1) is 18.8 Å². The number of fused-ring (bicyclic) bond motifs is 1. The van der Waals surface area contributed by atoms with Gasteiger partial charge in [-0.05, 0) is 25.3 Å². The van der Waals surface area contributed by atoms with Crippen LogP contribution in [0.3, 0.4) is 0 Å². The molecule has 168 valence electrons. The zero-order chi connectivity index (χ0) is 22.1. The summed E-state index contributed by atoms with van der Waals surface area (Å²) in [5.41, 5.74) is 0. The first kappa shape index (κ1) is 22.7. The van der Waals surface area contributed by atoms with Gasteiger partial charge in [-0.2, -0.15) is 0 Å². The van der Waals surface area contributed by atoms with Crippen molar-refractivity contribution in [3.05, 3.63) is 60.7 Å². The molecule has 1 unspecified atom stereocenters. The Morgan fingerprint density at radius 3 is 2.10 bits per heavy atom. The van der Waals surface area contributed by atoms with Crippen molar-refractivity contribution in [3.8, 4) is 0 Å². The van der Waals surface area contributed by atoms with Crippen LogP contribution in [0.25, 0.3) is 0 Å². The summed E-state index contributed by atoms with van der Waals surface area (Å²) in [6.45, 7) is 11.5. The molecule has 2 aromatic rings. The summed E-state index contributed by atoms with van der Waals surface area (Å²) in [5, 5.41) is 2.94. The van der Waals surface area contributed by atoms with Crippen molar-refractivity contribution in [2.24, 2.45) is 0 Å². The Bertz CT molecular complexity index is 784. The second kappa shape index (κ2) is 9.16. The quantitative estimate of drug-likeness (QED) is 0.584. The van der Waals surface area contributed by atoms with E-state index in [0.717, 1.165) is 12.8 Å². The smallest absolute Gasteiger partial charge is 0.187 e. The van der Waals surface area contributed by atoms with Crippen molar-refractivity contribution >= 4 is 19.2 Å². The molecule has 0 spiro atoms. The molecule has 2 fully saturated rings. The first-order valence-electron chi connectivity index (χ1n) is 11.5. The third-order valence-corrected chi connectivity index (χ3v) is 10.3. The maximum Gasteiger partial charge on any atom is 0.187 e. The molecule has 5 heteroatoms. The summed E-state index contributed by atoms with van der Waals surface area (Å²) in [6.07, 6.45) is 1.52. The molecule has 0 radical (unpaired) electrons. The Morgan fingerprint density at radius 2 is 1.58 bits per heavy atom. The van der Waals surface area contributed by atoms with E-state index in [4.69, 9.17) is 18.9 Å². The monoisotopic (exact) mass is 440 g/mol. The minimum absolute atomic E-state index is 0.00132. The lowest BCUT2D eigenvalue weighted by Crippen LogP contribution is -2.52. The van der Waals surface area contributed by atoms with Crippen LogP contribution in [0.15, 0.2) is 60.7 Å². The summed E-state index contributed by atoms with van der Waals surface area (Å²) in [5.74, 6) is -0.560. The third-order valence-electron chi connectivity index (χ3n) is 6.45. The van der Waals surface area contributed by atoms with E-state index in [0.29, 0.717) is 6.61 Å². The van der Waals surface area contributed by atoms with Gasteiger partial charge in [-0.3, -0.25) is 0 Å². The van der Waals surface area contributed by atoms with Gasteiger partial charge < -0.3 is 18.9 Å². The molecule has 2 heterocycles. The summed E-state index contributed by atoms with van der Waals surface area (Å²) in [4.78, 5) is 0. The topological polar surface area (TPSA) is 36.9 Å². The van der Waals surface area contributed by atoms with Crippen LogP contribution < -0.4 is 10.4 Å². The van der Waals surface area contributed by atoms with Gasteiger partial charge >= 0.3 is 0 Å². The molecular formula is C26H36O4Si. The van der Waals surface area contributed by atoms with Crippen LogP contribution in [-0.2, 0) is 18.9 Å². The molecule has 2 aliphatic heterocycles. The average Bonchev–Trinajstić information content (AvgIpc) is 3.23. The van der Waals surface area contributed by atoms with Crippen LogP contribution in [0.4, 0.5) is 0 Å². The molecule has 31 heavy (non-hydrogen) atoms. The Morgan fingerprint density at radius 1 is 1.00 bits per heavy atom. The van der Waals surface area contributed by atoms with E-state index in [9.17, 15) is 0 Å². The zero-order valence-corrected chi connectivity index (χ0v) is 20.6. The Hall–Kier alpha value is -1.50. The lowest BCUT2D eigenvalue weighted by Gasteiger charge is -2.36. The fourth-order valence-electron chi connectivity index (χ4n) is 5.05. The first-order chi connectivity index (χ1) is 14.8. The zero-order valence-electron chi connectivity index (χ0n) is 19.4. The van der Waals surface area contributed by atoms with Gasteiger partial charge in [0, 0.05) is 6.42 Å². The van der Waals surface area contributed by atoms with E-state index < -0.39 is 14.6 Å². The molecule has 0 saturated carbocycles. The maximum absolute atomic E-state index is 6.58. The molecule has 0 aliphatic carbocycles. The normalized spacial score (nSPS) is 26.2. The molecule has 4 nitrogen and oxygen atoms in total. The van der Waals surface area contributed by atoms with Gasteiger partial charge in [0.2, 0.25) is 0 Å². The molecule has 2 aliphatic rings. The molecule has 2 saturated heterocycles. The van der Waals surface area contributed by atoms with Gasteiger partial charge in [0.25, 0.3) is 0 Å². The number of ether oxygens (including phenoxy) is 4. The van der Waals surface area contributed by atoms with Crippen molar-refractivity contribution < 1.29 is 18.9 Å². The minimum atomic E-state index is -1.52. The SMILES string of the molecule is CCC(OCC(C)(C)[SiH](c1ccccc1)c1ccccc1)[C@@H]1C[C@H]2OC(C)(C)O[C@H]2O1. The molecular weight excluding hydrogens is 404 g/mol. The standard InChI is InChI=1S/C26H36O4Si/c1-6-21(22-17-23-24(28-22)30-26(4,5)29-23)27-18-25(2,3)31(19-13-9-7-10-14-19)20-15-11-8-12-16-20/h7-16,21-24,31H,6,17-18H2,1-5H3/t21?,22-,23+,24+/m0/s1. The fraction of sp³-hybridized carbons (Fsp3) is 0.538. The summed E-state index contributed by atoms with van der Waals surface area (Å²) in [7, 11) is -1.52. The second-order valence-corrected chi connectivity index (χ2v) is 13.7. The average molecular weight is 441 g/mol. The lowest BCUT2D eigenvalue weighted by atomic mass is 10.1. The van der Waals surface area contributed by atoms with E-state index in [1.54, 1.807) is 0 Å². The highest BCUT2D eigenvalue weighted by molar-refractivity contribution is 6.87. The molecule has 0 N–H and O–H groups in total. The van der Waals surface area contributed by atoms with E-state index >= 15 is 0 Å². The second-order valence-electron chi connectivity index (χ2n) is 9.95. The predicted octanol–water partition coefficient (Wildman–Crippen LogP) is 3.87. The molecule has 4 atom stereocenters.